The van der Waals surface area contributed by atoms with E-state index in [-0.39, 0.29) is 0 Å². The lowest BCUT2D eigenvalue weighted by Crippen LogP contribution is -2.10. The van der Waals surface area contributed by atoms with Crippen molar-refractivity contribution >= 4 is 0 Å². The Morgan fingerprint density at radius 2 is 2.00 bits per heavy atom. The quantitative estimate of drug-likeness (QED) is 0.700. The summed E-state index contributed by atoms with van der Waals surface area (Å²) in [4.78, 5) is 0. The Kier molecular flexibility index (Phi) is 2.02. The molecular formula is C12H15N3. The third kappa shape index (κ3) is 1.28. The van der Waals surface area contributed by atoms with Crippen LogP contribution < -0.4 is 0 Å². The summed E-state index contributed by atoms with van der Waals surface area (Å²) in [5.41, 5.74) is 3.29. The van der Waals surface area contributed by atoms with Gasteiger partial charge in [0.05, 0.1) is 11.7 Å². The molecule has 0 amide bonds. The van der Waals surface area contributed by atoms with Crippen LogP contribution in [0.3, 0.4) is 0 Å². The molecule has 2 aliphatic carbocycles. The molecule has 78 valence electrons. The van der Waals surface area contributed by atoms with Crippen molar-refractivity contribution in [1.82, 2.24) is 9.78 Å². The second-order valence-electron chi connectivity index (χ2n) is 4.62. The molecule has 15 heavy (non-hydrogen) atoms. The number of nitriles is 1. The molecule has 1 aromatic rings. The molecule has 0 unspecified atom stereocenters. The van der Waals surface area contributed by atoms with E-state index in [1.165, 1.54) is 43.4 Å². The van der Waals surface area contributed by atoms with Crippen molar-refractivity contribution in [3.05, 3.63) is 17.0 Å². The summed E-state index contributed by atoms with van der Waals surface area (Å²) in [6.07, 6.45) is 8.30. The Morgan fingerprint density at radius 1 is 1.20 bits per heavy atom. The molecule has 0 saturated heterocycles. The van der Waals surface area contributed by atoms with Crippen LogP contribution in [0.5, 0.6) is 0 Å². The molecule has 0 spiro atoms. The van der Waals surface area contributed by atoms with Crippen molar-refractivity contribution in [3.8, 4) is 6.07 Å². The van der Waals surface area contributed by atoms with Crippen molar-refractivity contribution in [1.29, 1.82) is 5.26 Å². The minimum absolute atomic E-state index is 0.505. The zero-order valence-electron chi connectivity index (χ0n) is 8.87. The summed E-state index contributed by atoms with van der Waals surface area (Å²) in [6, 6.07) is 2.86. The van der Waals surface area contributed by atoms with Crippen LogP contribution in [-0.2, 0) is 12.8 Å². The maximum atomic E-state index is 9.22. The lowest BCUT2D eigenvalue weighted by Gasteiger charge is -2.11. The lowest BCUT2D eigenvalue weighted by molar-refractivity contribution is 0.457. The van der Waals surface area contributed by atoms with Crippen LogP contribution >= 0.6 is 0 Å². The summed E-state index contributed by atoms with van der Waals surface area (Å²) in [7, 11) is 0. The highest BCUT2D eigenvalue weighted by Gasteiger charge is 2.27. The monoisotopic (exact) mass is 201 g/mol. The van der Waals surface area contributed by atoms with Crippen LogP contribution in [0.15, 0.2) is 0 Å². The van der Waals surface area contributed by atoms with Gasteiger partial charge >= 0.3 is 0 Å². The fourth-order valence-corrected chi connectivity index (χ4v) is 2.94. The van der Waals surface area contributed by atoms with Crippen molar-refractivity contribution in [2.75, 3.05) is 0 Å². The summed E-state index contributed by atoms with van der Waals surface area (Å²) in [5.74, 6) is 0. The molecule has 0 radical (unpaired) electrons. The fourth-order valence-electron chi connectivity index (χ4n) is 2.94. The van der Waals surface area contributed by atoms with E-state index in [1.807, 2.05) is 4.68 Å². The SMILES string of the molecule is N#Cc1c2c(nn1C1CCCC1)CCC2. The molecule has 1 saturated carbocycles. The van der Waals surface area contributed by atoms with E-state index >= 15 is 0 Å². The molecule has 0 N–H and O–H groups in total. The highest BCUT2D eigenvalue weighted by Crippen LogP contribution is 2.33. The van der Waals surface area contributed by atoms with Crippen LogP contribution in [0.1, 0.15) is 55.1 Å². The van der Waals surface area contributed by atoms with Crippen LogP contribution in [0, 0.1) is 11.3 Å². The van der Waals surface area contributed by atoms with E-state index in [4.69, 9.17) is 0 Å². The Labute approximate surface area is 89.7 Å². The Morgan fingerprint density at radius 3 is 2.73 bits per heavy atom. The predicted molar refractivity (Wildman–Crippen MR) is 56.5 cm³/mol. The Bertz CT molecular complexity index is 419. The third-order valence-corrected chi connectivity index (χ3v) is 3.71. The van der Waals surface area contributed by atoms with Gasteiger partial charge in [-0.15, -0.1) is 0 Å². The van der Waals surface area contributed by atoms with Crippen LogP contribution in [0.4, 0.5) is 0 Å². The van der Waals surface area contributed by atoms with Gasteiger partial charge in [0.25, 0.3) is 0 Å². The zero-order chi connectivity index (χ0) is 10.3. The first kappa shape index (κ1) is 8.96. The van der Waals surface area contributed by atoms with Gasteiger partial charge in [0.15, 0.2) is 0 Å². The molecule has 0 aliphatic heterocycles. The van der Waals surface area contributed by atoms with E-state index < -0.39 is 0 Å². The predicted octanol–water partition coefficient (Wildman–Crippen LogP) is 2.36. The molecule has 0 aromatic carbocycles. The number of hydrogen-bond acceptors (Lipinski definition) is 2. The Balaban J connectivity index is 2.04. The van der Waals surface area contributed by atoms with Crippen molar-refractivity contribution in [2.24, 2.45) is 0 Å². The number of rotatable bonds is 1. The largest absolute Gasteiger partial charge is 0.251 e. The first-order valence-electron chi connectivity index (χ1n) is 5.90. The molecule has 1 fully saturated rings. The van der Waals surface area contributed by atoms with Crippen LogP contribution in [0.25, 0.3) is 0 Å². The Hall–Kier alpha value is -1.30. The van der Waals surface area contributed by atoms with Crippen molar-refractivity contribution in [2.45, 2.75) is 51.0 Å². The maximum Gasteiger partial charge on any atom is 0.142 e. The van der Waals surface area contributed by atoms with Gasteiger partial charge in [-0.25, -0.2) is 0 Å². The van der Waals surface area contributed by atoms with E-state index in [2.05, 4.69) is 11.2 Å². The zero-order valence-corrected chi connectivity index (χ0v) is 8.87. The van der Waals surface area contributed by atoms with Crippen LogP contribution in [0.2, 0.25) is 0 Å². The number of fused-ring (bicyclic) bond motifs is 1. The van der Waals surface area contributed by atoms with E-state index in [0.29, 0.717) is 6.04 Å². The van der Waals surface area contributed by atoms with Gasteiger partial charge in [-0.3, -0.25) is 4.68 Å². The summed E-state index contributed by atoms with van der Waals surface area (Å²) < 4.78 is 2.02. The highest BCUT2D eigenvalue weighted by atomic mass is 15.3. The number of hydrogen-bond donors (Lipinski definition) is 0. The second kappa shape index (κ2) is 3.37. The molecule has 2 aliphatic rings. The molecule has 3 heteroatoms. The van der Waals surface area contributed by atoms with Crippen molar-refractivity contribution in [3.63, 3.8) is 0 Å². The maximum absolute atomic E-state index is 9.22. The molecule has 1 heterocycles. The summed E-state index contributed by atoms with van der Waals surface area (Å²) in [6.45, 7) is 0. The van der Waals surface area contributed by atoms with Gasteiger partial charge in [-0.05, 0) is 32.1 Å². The molecule has 3 rings (SSSR count). The van der Waals surface area contributed by atoms with Gasteiger partial charge in [-0.1, -0.05) is 12.8 Å². The van der Waals surface area contributed by atoms with Gasteiger partial charge in [0.1, 0.15) is 11.8 Å². The summed E-state index contributed by atoms with van der Waals surface area (Å²) >= 11 is 0. The molecular weight excluding hydrogens is 186 g/mol. The number of aromatic nitrogens is 2. The van der Waals surface area contributed by atoms with Gasteiger partial charge in [-0.2, -0.15) is 10.4 Å². The third-order valence-electron chi connectivity index (χ3n) is 3.71. The van der Waals surface area contributed by atoms with E-state index in [1.54, 1.807) is 0 Å². The topological polar surface area (TPSA) is 41.6 Å². The van der Waals surface area contributed by atoms with Crippen molar-refractivity contribution < 1.29 is 0 Å². The molecule has 1 aromatic heterocycles. The average molecular weight is 201 g/mol. The first-order valence-corrected chi connectivity index (χ1v) is 5.90. The molecule has 3 nitrogen and oxygen atoms in total. The van der Waals surface area contributed by atoms with Crippen LogP contribution in [-0.4, -0.2) is 9.78 Å². The first-order chi connectivity index (χ1) is 7.40. The van der Waals surface area contributed by atoms with E-state index in [9.17, 15) is 5.26 Å². The highest BCUT2D eigenvalue weighted by molar-refractivity contribution is 5.38. The molecule has 0 bridgehead atoms. The standard InChI is InChI=1S/C12H15N3/c13-8-12-10-6-3-7-11(10)14-15(12)9-4-1-2-5-9/h9H,1-7H2. The van der Waals surface area contributed by atoms with Gasteiger partial charge in [0.2, 0.25) is 0 Å². The smallest absolute Gasteiger partial charge is 0.142 e. The molecule has 0 atom stereocenters. The summed E-state index contributed by atoms with van der Waals surface area (Å²) in [5, 5.41) is 13.9. The second-order valence-corrected chi connectivity index (χ2v) is 4.62. The average Bonchev–Trinajstić information content (AvgIpc) is 2.93. The van der Waals surface area contributed by atoms with Gasteiger partial charge < -0.3 is 0 Å². The minimum Gasteiger partial charge on any atom is -0.251 e. The van der Waals surface area contributed by atoms with Gasteiger partial charge in [0, 0.05) is 5.56 Å². The van der Waals surface area contributed by atoms with E-state index in [0.717, 1.165) is 18.5 Å². The number of aryl methyl sites for hydroxylation is 1. The fraction of sp³-hybridized carbons (Fsp3) is 0.667. The normalized spacial score (nSPS) is 20.5. The number of nitrogens with zero attached hydrogens (tertiary/aromatic N) is 3. The minimum atomic E-state index is 0.505. The lowest BCUT2D eigenvalue weighted by atomic mass is 10.2.